The number of halogens is 3. The zero-order chi connectivity index (χ0) is 13.3. The molecule has 0 saturated heterocycles. The lowest BCUT2D eigenvalue weighted by Gasteiger charge is -2.07. The van der Waals surface area contributed by atoms with Crippen molar-refractivity contribution < 1.29 is 0 Å². The van der Waals surface area contributed by atoms with E-state index in [-0.39, 0.29) is 15.6 Å². The fraction of sp³-hybridized carbons (Fsp3) is 0. The van der Waals surface area contributed by atoms with Crippen LogP contribution in [0.2, 0.25) is 15.1 Å². The van der Waals surface area contributed by atoms with Crippen molar-refractivity contribution in [2.24, 2.45) is 0 Å². The number of benzene rings is 1. The standard InChI is InChI=1S/C12H5Cl3N2O/c13-8-3-2-7(10(14)11(8)15)9-4-1-6(5-16)12(18)17-9/h1-4H,(H,17,18). The van der Waals surface area contributed by atoms with E-state index in [9.17, 15) is 4.79 Å². The molecule has 0 aliphatic carbocycles. The molecule has 1 aromatic carbocycles. The van der Waals surface area contributed by atoms with E-state index in [0.29, 0.717) is 16.3 Å². The van der Waals surface area contributed by atoms with E-state index in [1.54, 1.807) is 24.3 Å². The highest BCUT2D eigenvalue weighted by Crippen LogP contribution is 2.36. The Morgan fingerprint density at radius 1 is 1.06 bits per heavy atom. The zero-order valence-corrected chi connectivity index (χ0v) is 11.1. The molecular weight excluding hydrogens is 295 g/mol. The van der Waals surface area contributed by atoms with Crippen LogP contribution in [0.5, 0.6) is 0 Å². The first-order chi connectivity index (χ1) is 8.54. The molecule has 0 radical (unpaired) electrons. The van der Waals surface area contributed by atoms with Gasteiger partial charge in [0.25, 0.3) is 5.56 Å². The molecule has 0 saturated carbocycles. The Balaban J connectivity index is 2.64. The molecule has 0 atom stereocenters. The number of hydrogen-bond acceptors (Lipinski definition) is 2. The molecular formula is C12H5Cl3N2O. The van der Waals surface area contributed by atoms with Crippen LogP contribution in [0, 0.1) is 11.3 Å². The van der Waals surface area contributed by atoms with Crippen molar-refractivity contribution in [3.63, 3.8) is 0 Å². The Bertz CT molecular complexity index is 716. The summed E-state index contributed by atoms with van der Waals surface area (Å²) in [6.07, 6.45) is 0. The summed E-state index contributed by atoms with van der Waals surface area (Å²) in [4.78, 5) is 14.1. The minimum absolute atomic E-state index is 0.0370. The van der Waals surface area contributed by atoms with Gasteiger partial charge >= 0.3 is 0 Å². The number of nitrogens with one attached hydrogen (secondary N) is 1. The van der Waals surface area contributed by atoms with Gasteiger partial charge in [-0.2, -0.15) is 5.26 Å². The predicted molar refractivity (Wildman–Crippen MR) is 72.2 cm³/mol. The summed E-state index contributed by atoms with van der Waals surface area (Å²) < 4.78 is 0. The van der Waals surface area contributed by atoms with Gasteiger partial charge in [-0.25, -0.2) is 0 Å². The van der Waals surface area contributed by atoms with Gasteiger partial charge in [0.15, 0.2) is 0 Å². The van der Waals surface area contributed by atoms with Crippen LogP contribution in [0.4, 0.5) is 0 Å². The van der Waals surface area contributed by atoms with Gasteiger partial charge in [0.2, 0.25) is 0 Å². The third-order valence-electron chi connectivity index (χ3n) is 2.36. The predicted octanol–water partition coefficient (Wildman–Crippen LogP) is 3.87. The first-order valence-corrected chi connectivity index (χ1v) is 5.95. The number of rotatable bonds is 1. The van der Waals surface area contributed by atoms with E-state index < -0.39 is 5.56 Å². The van der Waals surface area contributed by atoms with Gasteiger partial charge in [-0.1, -0.05) is 34.8 Å². The summed E-state index contributed by atoms with van der Waals surface area (Å²) in [6, 6.07) is 8.03. The van der Waals surface area contributed by atoms with Crippen LogP contribution in [0.3, 0.4) is 0 Å². The quantitative estimate of drug-likeness (QED) is 0.813. The van der Waals surface area contributed by atoms with Crippen LogP contribution >= 0.6 is 34.8 Å². The maximum Gasteiger partial charge on any atom is 0.266 e. The van der Waals surface area contributed by atoms with Crippen molar-refractivity contribution in [2.75, 3.05) is 0 Å². The number of nitrogens with zero attached hydrogens (tertiary/aromatic N) is 1. The normalized spacial score (nSPS) is 10.1. The van der Waals surface area contributed by atoms with E-state index in [1.165, 1.54) is 6.07 Å². The van der Waals surface area contributed by atoms with Crippen molar-refractivity contribution in [2.45, 2.75) is 0 Å². The maximum atomic E-state index is 11.5. The van der Waals surface area contributed by atoms with E-state index in [2.05, 4.69) is 4.98 Å². The molecule has 0 bridgehead atoms. The third kappa shape index (κ3) is 2.23. The minimum atomic E-state index is -0.475. The number of H-pyrrole nitrogens is 1. The lowest BCUT2D eigenvalue weighted by molar-refractivity contribution is 1.22. The molecule has 18 heavy (non-hydrogen) atoms. The van der Waals surface area contributed by atoms with E-state index in [0.717, 1.165) is 0 Å². The van der Waals surface area contributed by atoms with Crippen LogP contribution < -0.4 is 5.56 Å². The zero-order valence-electron chi connectivity index (χ0n) is 8.80. The second-order valence-electron chi connectivity index (χ2n) is 3.45. The molecule has 0 aliphatic rings. The van der Waals surface area contributed by atoms with Gasteiger partial charge in [-0.05, 0) is 24.3 Å². The molecule has 90 valence electrons. The molecule has 0 fully saturated rings. The summed E-state index contributed by atoms with van der Waals surface area (Å²) >= 11 is 17.8. The van der Waals surface area contributed by atoms with Crippen molar-refractivity contribution in [1.29, 1.82) is 5.26 Å². The Kier molecular flexibility index (Phi) is 3.63. The summed E-state index contributed by atoms with van der Waals surface area (Å²) in [6.45, 7) is 0. The molecule has 0 spiro atoms. The smallest absolute Gasteiger partial charge is 0.266 e. The number of hydrogen-bond donors (Lipinski definition) is 1. The molecule has 1 aromatic heterocycles. The van der Waals surface area contributed by atoms with Gasteiger partial charge in [0.1, 0.15) is 11.6 Å². The second kappa shape index (κ2) is 5.03. The van der Waals surface area contributed by atoms with Gasteiger partial charge in [-0.15, -0.1) is 0 Å². The van der Waals surface area contributed by atoms with Gasteiger partial charge < -0.3 is 4.98 Å². The monoisotopic (exact) mass is 298 g/mol. The van der Waals surface area contributed by atoms with Crippen LogP contribution in [-0.2, 0) is 0 Å². The first kappa shape index (κ1) is 13.0. The summed E-state index contributed by atoms with van der Waals surface area (Å²) in [5, 5.41) is 9.49. The number of aromatic amines is 1. The molecule has 0 amide bonds. The van der Waals surface area contributed by atoms with Crippen molar-refractivity contribution in [1.82, 2.24) is 4.98 Å². The Morgan fingerprint density at radius 2 is 1.78 bits per heavy atom. The molecule has 1 heterocycles. The average molecular weight is 300 g/mol. The molecule has 0 unspecified atom stereocenters. The first-order valence-electron chi connectivity index (χ1n) is 4.82. The molecule has 3 nitrogen and oxygen atoms in total. The third-order valence-corrected chi connectivity index (χ3v) is 3.65. The summed E-state index contributed by atoms with van der Waals surface area (Å²) in [7, 11) is 0. The van der Waals surface area contributed by atoms with Gasteiger partial charge in [-0.3, -0.25) is 4.79 Å². The lowest BCUT2D eigenvalue weighted by atomic mass is 10.1. The maximum absolute atomic E-state index is 11.5. The van der Waals surface area contributed by atoms with Crippen LogP contribution in [0.1, 0.15) is 5.56 Å². The van der Waals surface area contributed by atoms with E-state index in [4.69, 9.17) is 40.1 Å². The fourth-order valence-corrected chi connectivity index (χ4v) is 2.09. The minimum Gasteiger partial charge on any atom is -0.321 e. The highest BCUT2D eigenvalue weighted by Gasteiger charge is 2.11. The highest BCUT2D eigenvalue weighted by atomic mass is 35.5. The van der Waals surface area contributed by atoms with E-state index >= 15 is 0 Å². The second-order valence-corrected chi connectivity index (χ2v) is 4.61. The molecule has 2 aromatic rings. The van der Waals surface area contributed by atoms with Crippen molar-refractivity contribution >= 4 is 34.8 Å². The molecule has 2 rings (SSSR count). The van der Waals surface area contributed by atoms with Crippen molar-refractivity contribution in [3.8, 4) is 17.3 Å². The Hall–Kier alpha value is -1.47. The number of nitriles is 1. The lowest BCUT2D eigenvalue weighted by Crippen LogP contribution is -2.10. The topological polar surface area (TPSA) is 56.6 Å². The van der Waals surface area contributed by atoms with E-state index in [1.807, 2.05) is 0 Å². The number of pyridine rings is 1. The summed E-state index contributed by atoms with van der Waals surface area (Å²) in [5.74, 6) is 0. The number of aromatic nitrogens is 1. The molecule has 6 heteroatoms. The Morgan fingerprint density at radius 3 is 2.39 bits per heavy atom. The van der Waals surface area contributed by atoms with Gasteiger partial charge in [0.05, 0.1) is 15.1 Å². The van der Waals surface area contributed by atoms with Crippen LogP contribution in [0.25, 0.3) is 11.3 Å². The fourth-order valence-electron chi connectivity index (χ4n) is 1.45. The largest absolute Gasteiger partial charge is 0.321 e. The van der Waals surface area contributed by atoms with Gasteiger partial charge in [0, 0.05) is 11.3 Å². The van der Waals surface area contributed by atoms with Crippen molar-refractivity contribution in [3.05, 3.63) is 55.3 Å². The van der Waals surface area contributed by atoms with Crippen LogP contribution in [0.15, 0.2) is 29.1 Å². The highest BCUT2D eigenvalue weighted by molar-refractivity contribution is 6.49. The molecule has 1 N–H and O–H groups in total. The molecule has 0 aliphatic heterocycles. The summed E-state index contributed by atoms with van der Waals surface area (Å²) in [5.41, 5.74) is 0.585. The SMILES string of the molecule is N#Cc1ccc(-c2ccc(Cl)c(Cl)c2Cl)[nH]c1=O. The Labute approximate surface area is 118 Å². The van der Waals surface area contributed by atoms with Crippen LogP contribution in [-0.4, -0.2) is 4.98 Å². The average Bonchev–Trinajstić information content (AvgIpc) is 2.36.